The Kier molecular flexibility index (Phi) is 8.31. The van der Waals surface area contributed by atoms with Gasteiger partial charge in [-0.25, -0.2) is 0 Å². The number of rotatable bonds is 5. The largest absolute Gasteiger partial charge is 0.486 e. The second-order valence-corrected chi connectivity index (χ2v) is 6.15. The number of guanidine groups is 1. The van der Waals surface area contributed by atoms with Crippen LogP contribution in [0.25, 0.3) is 0 Å². The van der Waals surface area contributed by atoms with Crippen molar-refractivity contribution >= 4 is 41.5 Å². The minimum atomic E-state index is 0. The van der Waals surface area contributed by atoms with Crippen LogP contribution in [-0.4, -0.2) is 32.8 Å². The molecule has 0 fully saturated rings. The predicted molar refractivity (Wildman–Crippen MR) is 116 cm³/mol. The number of hydrogen-bond acceptors (Lipinski definition) is 3. The quantitative estimate of drug-likeness (QED) is 0.384. The minimum absolute atomic E-state index is 0. The third-order valence-electron chi connectivity index (χ3n) is 3.89. The van der Waals surface area contributed by atoms with Gasteiger partial charge < -0.3 is 20.1 Å². The zero-order chi connectivity index (χ0) is 17.5. The maximum absolute atomic E-state index is 6.00. The average molecular weight is 488 g/mol. The van der Waals surface area contributed by atoms with Crippen molar-refractivity contribution in [1.82, 2.24) is 10.6 Å². The van der Waals surface area contributed by atoms with Crippen molar-refractivity contribution in [3.8, 4) is 11.5 Å². The van der Waals surface area contributed by atoms with E-state index in [4.69, 9.17) is 21.1 Å². The molecule has 0 amide bonds. The van der Waals surface area contributed by atoms with Crippen LogP contribution in [0.3, 0.4) is 0 Å². The third-order valence-corrected chi connectivity index (χ3v) is 4.12. The minimum Gasteiger partial charge on any atom is -0.486 e. The van der Waals surface area contributed by atoms with Gasteiger partial charge in [0.05, 0.1) is 0 Å². The van der Waals surface area contributed by atoms with Crippen molar-refractivity contribution in [2.24, 2.45) is 4.99 Å². The van der Waals surface area contributed by atoms with E-state index in [2.05, 4.69) is 21.7 Å². The van der Waals surface area contributed by atoms with E-state index in [1.165, 1.54) is 5.56 Å². The molecule has 26 heavy (non-hydrogen) atoms. The Morgan fingerprint density at radius 2 is 1.85 bits per heavy atom. The highest BCUT2D eigenvalue weighted by Crippen LogP contribution is 2.30. The van der Waals surface area contributed by atoms with Gasteiger partial charge in [0.15, 0.2) is 17.5 Å². The molecule has 0 saturated carbocycles. The molecule has 1 aliphatic rings. The van der Waals surface area contributed by atoms with Gasteiger partial charge in [-0.15, -0.1) is 24.0 Å². The molecule has 0 atom stereocenters. The Morgan fingerprint density at radius 1 is 1.04 bits per heavy atom. The van der Waals surface area contributed by atoms with E-state index in [-0.39, 0.29) is 24.0 Å². The topological polar surface area (TPSA) is 54.9 Å². The molecule has 0 spiro atoms. The van der Waals surface area contributed by atoms with Gasteiger partial charge in [0.1, 0.15) is 13.2 Å². The first-order valence-corrected chi connectivity index (χ1v) is 8.70. The first-order chi connectivity index (χ1) is 12.2. The summed E-state index contributed by atoms with van der Waals surface area (Å²) in [5.74, 6) is 2.41. The smallest absolute Gasteiger partial charge is 0.191 e. The van der Waals surface area contributed by atoms with Crippen LogP contribution in [-0.2, 0) is 13.0 Å². The van der Waals surface area contributed by atoms with Crippen LogP contribution in [0.2, 0.25) is 5.02 Å². The SMILES string of the molecule is CN=C(NCCc1ccc2c(c1)OCCO2)NCc1cccc(Cl)c1.I. The fraction of sp³-hybridized carbons (Fsp3) is 0.316. The van der Waals surface area contributed by atoms with Crippen LogP contribution in [0.1, 0.15) is 11.1 Å². The lowest BCUT2D eigenvalue weighted by molar-refractivity contribution is 0.171. The summed E-state index contributed by atoms with van der Waals surface area (Å²) < 4.78 is 11.2. The fourth-order valence-electron chi connectivity index (χ4n) is 2.62. The van der Waals surface area contributed by atoms with Gasteiger partial charge in [0.2, 0.25) is 0 Å². The van der Waals surface area contributed by atoms with Gasteiger partial charge in [-0.1, -0.05) is 29.8 Å². The van der Waals surface area contributed by atoms with Crippen molar-refractivity contribution in [1.29, 1.82) is 0 Å². The molecule has 0 aromatic heterocycles. The Balaban J connectivity index is 0.00000243. The van der Waals surface area contributed by atoms with E-state index < -0.39 is 0 Å². The predicted octanol–water partition coefficient (Wildman–Crippen LogP) is 3.64. The highest BCUT2D eigenvalue weighted by molar-refractivity contribution is 14.0. The molecule has 0 saturated heterocycles. The van der Waals surface area contributed by atoms with Gasteiger partial charge in [-0.3, -0.25) is 4.99 Å². The average Bonchev–Trinajstić information content (AvgIpc) is 2.64. The van der Waals surface area contributed by atoms with Crippen LogP contribution in [0.4, 0.5) is 0 Å². The van der Waals surface area contributed by atoms with Crippen LogP contribution >= 0.6 is 35.6 Å². The number of aliphatic imine (C=N–C) groups is 1. The first-order valence-electron chi connectivity index (χ1n) is 8.32. The summed E-state index contributed by atoms with van der Waals surface area (Å²) >= 11 is 6.00. The monoisotopic (exact) mass is 487 g/mol. The second-order valence-electron chi connectivity index (χ2n) is 5.71. The van der Waals surface area contributed by atoms with Crippen molar-refractivity contribution in [3.05, 3.63) is 58.6 Å². The first kappa shape index (κ1) is 20.6. The molecular weight excluding hydrogens is 465 g/mol. The molecule has 0 aliphatic carbocycles. The van der Waals surface area contributed by atoms with E-state index in [0.717, 1.165) is 41.0 Å². The second kappa shape index (κ2) is 10.5. The summed E-state index contributed by atoms with van der Waals surface area (Å²) in [4.78, 5) is 4.24. The van der Waals surface area contributed by atoms with Crippen LogP contribution < -0.4 is 20.1 Å². The summed E-state index contributed by atoms with van der Waals surface area (Å²) in [5, 5.41) is 7.34. The van der Waals surface area contributed by atoms with Crippen LogP contribution in [0.5, 0.6) is 11.5 Å². The van der Waals surface area contributed by atoms with Gasteiger partial charge in [-0.2, -0.15) is 0 Å². The number of nitrogens with one attached hydrogen (secondary N) is 2. The van der Waals surface area contributed by atoms with Gasteiger partial charge in [0, 0.05) is 25.2 Å². The zero-order valence-electron chi connectivity index (χ0n) is 14.6. The number of ether oxygens (including phenoxy) is 2. The summed E-state index contributed by atoms with van der Waals surface area (Å²) in [6.45, 7) is 2.66. The zero-order valence-corrected chi connectivity index (χ0v) is 17.7. The van der Waals surface area contributed by atoms with E-state index in [1.807, 2.05) is 36.4 Å². The van der Waals surface area contributed by atoms with Crippen LogP contribution in [0.15, 0.2) is 47.5 Å². The molecule has 2 N–H and O–H groups in total. The molecule has 2 aromatic carbocycles. The Bertz CT molecular complexity index is 755. The summed E-state index contributed by atoms with van der Waals surface area (Å²) in [5.41, 5.74) is 2.31. The maximum Gasteiger partial charge on any atom is 0.191 e. The fourth-order valence-corrected chi connectivity index (χ4v) is 2.83. The number of nitrogens with zero attached hydrogens (tertiary/aromatic N) is 1. The lowest BCUT2D eigenvalue weighted by atomic mass is 10.1. The van der Waals surface area contributed by atoms with Crippen molar-refractivity contribution in [2.75, 3.05) is 26.8 Å². The molecule has 0 bridgehead atoms. The Hall–Kier alpha value is -1.67. The molecule has 3 rings (SSSR count). The van der Waals surface area contributed by atoms with Crippen molar-refractivity contribution < 1.29 is 9.47 Å². The number of fused-ring (bicyclic) bond motifs is 1. The molecular formula is C19H23ClIN3O2. The van der Waals surface area contributed by atoms with E-state index in [9.17, 15) is 0 Å². The molecule has 0 unspecified atom stereocenters. The Morgan fingerprint density at radius 3 is 2.62 bits per heavy atom. The normalized spacial score (nSPS) is 12.9. The Labute approximate surface area is 176 Å². The van der Waals surface area contributed by atoms with Crippen LogP contribution in [0, 0.1) is 0 Å². The van der Waals surface area contributed by atoms with E-state index in [1.54, 1.807) is 7.05 Å². The molecule has 140 valence electrons. The highest BCUT2D eigenvalue weighted by Gasteiger charge is 2.11. The number of benzene rings is 2. The van der Waals surface area contributed by atoms with Crippen molar-refractivity contribution in [3.63, 3.8) is 0 Å². The van der Waals surface area contributed by atoms with Gasteiger partial charge >= 0.3 is 0 Å². The molecule has 0 radical (unpaired) electrons. The molecule has 5 nitrogen and oxygen atoms in total. The van der Waals surface area contributed by atoms with Crippen molar-refractivity contribution in [2.45, 2.75) is 13.0 Å². The van der Waals surface area contributed by atoms with E-state index in [0.29, 0.717) is 19.8 Å². The van der Waals surface area contributed by atoms with E-state index >= 15 is 0 Å². The number of hydrogen-bond donors (Lipinski definition) is 2. The summed E-state index contributed by atoms with van der Waals surface area (Å²) in [7, 11) is 1.76. The summed E-state index contributed by atoms with van der Waals surface area (Å²) in [6.07, 6.45) is 0.870. The van der Waals surface area contributed by atoms with Gasteiger partial charge in [0.25, 0.3) is 0 Å². The standard InChI is InChI=1S/C19H22ClN3O2.HI/c1-21-19(23-13-15-3-2-4-16(20)11-15)22-8-7-14-5-6-17-18(12-14)25-10-9-24-17;/h2-6,11-12H,7-10,13H2,1H3,(H2,21,22,23);1H. The molecule has 1 aliphatic heterocycles. The van der Waals surface area contributed by atoms with Gasteiger partial charge in [-0.05, 0) is 41.8 Å². The highest BCUT2D eigenvalue weighted by atomic mass is 127. The maximum atomic E-state index is 6.00. The number of halogens is 2. The lowest BCUT2D eigenvalue weighted by Gasteiger charge is -2.19. The summed E-state index contributed by atoms with van der Waals surface area (Å²) in [6, 6.07) is 13.9. The molecule has 7 heteroatoms. The molecule has 1 heterocycles. The third kappa shape index (κ3) is 5.95. The molecule has 2 aromatic rings. The lowest BCUT2D eigenvalue weighted by Crippen LogP contribution is -2.37.